The number of thiophene rings is 1. The summed E-state index contributed by atoms with van der Waals surface area (Å²) < 4.78 is 44.8. The van der Waals surface area contributed by atoms with Crippen molar-refractivity contribution in [2.24, 2.45) is 7.05 Å². The molecular weight excluding hydrogens is 506 g/mol. The molecular formula is C25H20F2N4O3S2. The lowest BCUT2D eigenvalue weighted by molar-refractivity contribution is 0.439. The van der Waals surface area contributed by atoms with Gasteiger partial charge in [-0.2, -0.15) is 0 Å². The van der Waals surface area contributed by atoms with Crippen LogP contribution in [-0.2, 0) is 7.05 Å². The van der Waals surface area contributed by atoms with E-state index >= 15 is 0 Å². The summed E-state index contributed by atoms with van der Waals surface area (Å²) in [5.74, 6) is 0.294. The van der Waals surface area contributed by atoms with Crippen LogP contribution < -0.4 is 15.0 Å². The van der Waals surface area contributed by atoms with E-state index in [2.05, 4.69) is 14.9 Å². The van der Waals surface area contributed by atoms with E-state index in [0.717, 1.165) is 23.6 Å². The van der Waals surface area contributed by atoms with Gasteiger partial charge in [0.15, 0.2) is 11.6 Å². The molecule has 0 saturated carbocycles. The van der Waals surface area contributed by atoms with Crippen molar-refractivity contribution in [1.29, 1.82) is 0 Å². The summed E-state index contributed by atoms with van der Waals surface area (Å²) >= 11 is 2.86. The van der Waals surface area contributed by atoms with Crippen molar-refractivity contribution < 1.29 is 17.9 Å². The number of halogens is 2. The van der Waals surface area contributed by atoms with Crippen LogP contribution in [0.1, 0.15) is 12.8 Å². The van der Waals surface area contributed by atoms with Gasteiger partial charge in [-0.15, -0.1) is 21.5 Å². The number of benzene rings is 2. The summed E-state index contributed by atoms with van der Waals surface area (Å²) in [7, 11) is 1.66. The number of aryl methyl sites for hydroxylation is 2. The molecule has 0 atom stereocenters. The third kappa shape index (κ3) is 4.59. The molecule has 0 saturated heterocycles. The molecule has 0 bridgehead atoms. The van der Waals surface area contributed by atoms with Gasteiger partial charge in [-0.05, 0) is 36.4 Å². The van der Waals surface area contributed by atoms with Crippen LogP contribution in [-0.4, -0.2) is 20.5 Å². The molecule has 0 radical (unpaired) electrons. The number of nitrogens with one attached hydrogen (secondary N) is 1. The average molecular weight is 527 g/mol. The molecule has 2 aromatic carbocycles. The monoisotopic (exact) mass is 526 g/mol. The van der Waals surface area contributed by atoms with Crippen molar-refractivity contribution in [2.45, 2.75) is 13.8 Å². The predicted molar refractivity (Wildman–Crippen MR) is 139 cm³/mol. The molecule has 0 fully saturated rings. The van der Waals surface area contributed by atoms with Crippen LogP contribution in [0.2, 0.25) is 0 Å². The highest BCUT2D eigenvalue weighted by Gasteiger charge is 2.20. The Balaban J connectivity index is 1.71. The molecule has 3 heterocycles. The van der Waals surface area contributed by atoms with Gasteiger partial charge in [-0.1, -0.05) is 18.9 Å². The van der Waals surface area contributed by atoms with Gasteiger partial charge >= 0.3 is 0 Å². The topological polar surface area (TPSA) is 82.2 Å². The van der Waals surface area contributed by atoms with Crippen LogP contribution in [0.15, 0.2) is 57.9 Å². The first-order valence-corrected chi connectivity index (χ1v) is 12.7. The van der Waals surface area contributed by atoms with Crippen molar-refractivity contribution in [3.05, 3.63) is 76.5 Å². The first kappa shape index (κ1) is 24.0. The Morgan fingerprint density at radius 1 is 1.11 bits per heavy atom. The molecule has 0 spiro atoms. The largest absolute Gasteiger partial charge is 0.454 e. The SMILES string of the molecule is CCSNc1ccc(Oc2ccc(F)cc2F)c(-c2cn(C)c(=O)c3cc(-c4nnc(C)o4)sc23)c1. The molecule has 7 nitrogen and oxygen atoms in total. The van der Waals surface area contributed by atoms with E-state index in [9.17, 15) is 13.6 Å². The molecule has 0 aliphatic carbocycles. The molecule has 5 aromatic rings. The second kappa shape index (κ2) is 9.75. The lowest BCUT2D eigenvalue weighted by atomic mass is 10.0. The quantitative estimate of drug-likeness (QED) is 0.234. The van der Waals surface area contributed by atoms with Gasteiger partial charge in [0.05, 0.1) is 15.0 Å². The van der Waals surface area contributed by atoms with E-state index < -0.39 is 11.6 Å². The Kier molecular flexibility index (Phi) is 6.50. The number of fused-ring (bicyclic) bond motifs is 1. The Hall–Kier alpha value is -3.70. The molecule has 184 valence electrons. The number of anilines is 1. The fourth-order valence-electron chi connectivity index (χ4n) is 3.67. The fourth-order valence-corrected chi connectivity index (χ4v) is 5.20. The lowest BCUT2D eigenvalue weighted by Gasteiger charge is -2.15. The molecule has 1 N–H and O–H groups in total. The first-order valence-electron chi connectivity index (χ1n) is 10.9. The van der Waals surface area contributed by atoms with Crippen LogP contribution in [0, 0.1) is 18.6 Å². The average Bonchev–Trinajstić information content (AvgIpc) is 3.49. The van der Waals surface area contributed by atoms with Gasteiger partial charge in [0.25, 0.3) is 11.4 Å². The van der Waals surface area contributed by atoms with Crippen molar-refractivity contribution in [1.82, 2.24) is 14.8 Å². The Morgan fingerprint density at radius 3 is 2.64 bits per heavy atom. The van der Waals surface area contributed by atoms with Gasteiger partial charge in [-0.25, -0.2) is 8.78 Å². The van der Waals surface area contributed by atoms with E-state index in [-0.39, 0.29) is 11.3 Å². The number of nitrogens with zero attached hydrogens (tertiary/aromatic N) is 3. The third-order valence-corrected chi connectivity index (χ3v) is 7.13. The second-order valence-electron chi connectivity index (χ2n) is 7.86. The summed E-state index contributed by atoms with van der Waals surface area (Å²) in [6.07, 6.45) is 1.71. The molecule has 36 heavy (non-hydrogen) atoms. The number of rotatable bonds is 7. The van der Waals surface area contributed by atoms with Crippen LogP contribution >= 0.6 is 23.3 Å². The highest BCUT2D eigenvalue weighted by Crippen LogP contribution is 2.43. The van der Waals surface area contributed by atoms with Crippen LogP contribution in [0.3, 0.4) is 0 Å². The second-order valence-corrected chi connectivity index (χ2v) is 9.98. The molecule has 3 aromatic heterocycles. The third-order valence-electron chi connectivity index (χ3n) is 5.30. The summed E-state index contributed by atoms with van der Waals surface area (Å²) in [6.45, 7) is 3.72. The van der Waals surface area contributed by atoms with E-state index in [1.165, 1.54) is 33.9 Å². The van der Waals surface area contributed by atoms with Gasteiger partial charge < -0.3 is 18.4 Å². The summed E-state index contributed by atoms with van der Waals surface area (Å²) in [4.78, 5) is 13.6. The van der Waals surface area contributed by atoms with E-state index in [0.29, 0.717) is 43.6 Å². The smallest absolute Gasteiger partial charge is 0.259 e. The predicted octanol–water partition coefficient (Wildman–Crippen LogP) is 6.78. The minimum Gasteiger partial charge on any atom is -0.454 e. The van der Waals surface area contributed by atoms with E-state index in [4.69, 9.17) is 9.15 Å². The lowest BCUT2D eigenvalue weighted by Crippen LogP contribution is -2.15. The summed E-state index contributed by atoms with van der Waals surface area (Å²) in [5, 5.41) is 8.44. The number of hydrogen-bond acceptors (Lipinski definition) is 8. The molecule has 0 aliphatic heterocycles. The van der Waals surface area contributed by atoms with Crippen LogP contribution in [0.5, 0.6) is 11.5 Å². The zero-order valence-corrected chi connectivity index (χ0v) is 21.1. The standard InChI is InChI=1S/C25H20F2N4O3S2/c1-4-35-30-15-6-8-20(34-21-7-5-14(26)9-19(21)27)16(10-15)18-12-31(3)25(32)17-11-22(36-23(17)18)24-29-28-13(2)33-24/h5-12,30H,4H2,1-3H3. The fraction of sp³-hybridized carbons (Fsp3) is 0.160. The van der Waals surface area contributed by atoms with Crippen LogP contribution in [0.4, 0.5) is 14.5 Å². The minimum atomic E-state index is -0.819. The van der Waals surface area contributed by atoms with E-state index in [1.807, 2.05) is 19.1 Å². The normalized spacial score (nSPS) is 11.2. The van der Waals surface area contributed by atoms with Crippen LogP contribution in [0.25, 0.3) is 32.0 Å². The van der Waals surface area contributed by atoms with Gasteiger partial charge in [0.1, 0.15) is 11.6 Å². The first-order chi connectivity index (χ1) is 17.3. The Labute approximate surface area is 212 Å². The highest BCUT2D eigenvalue weighted by atomic mass is 32.2. The molecule has 0 aliphatic rings. The number of ether oxygens (including phenoxy) is 1. The van der Waals surface area contributed by atoms with Gasteiger partial charge in [0.2, 0.25) is 5.89 Å². The zero-order chi connectivity index (χ0) is 25.4. The zero-order valence-electron chi connectivity index (χ0n) is 19.5. The summed E-state index contributed by atoms with van der Waals surface area (Å²) in [6, 6.07) is 10.3. The minimum absolute atomic E-state index is 0.115. The van der Waals surface area contributed by atoms with E-state index in [1.54, 1.807) is 32.3 Å². The van der Waals surface area contributed by atoms with Crippen molar-refractivity contribution in [3.63, 3.8) is 0 Å². The van der Waals surface area contributed by atoms with Crippen molar-refractivity contribution in [3.8, 4) is 33.4 Å². The Morgan fingerprint density at radius 2 is 1.92 bits per heavy atom. The number of pyridine rings is 1. The van der Waals surface area contributed by atoms with Gasteiger partial charge in [0, 0.05) is 48.8 Å². The number of aromatic nitrogens is 3. The van der Waals surface area contributed by atoms with Crippen molar-refractivity contribution in [2.75, 3.05) is 10.5 Å². The summed E-state index contributed by atoms with van der Waals surface area (Å²) in [5.41, 5.74) is 1.93. The Bertz CT molecular complexity index is 1640. The highest BCUT2D eigenvalue weighted by molar-refractivity contribution is 8.00. The molecule has 0 amide bonds. The molecule has 0 unspecified atom stereocenters. The number of hydrogen-bond donors (Lipinski definition) is 1. The molecule has 11 heteroatoms. The van der Waals surface area contributed by atoms with Crippen molar-refractivity contribution >= 4 is 39.1 Å². The van der Waals surface area contributed by atoms with Gasteiger partial charge in [-0.3, -0.25) is 4.79 Å². The maximum Gasteiger partial charge on any atom is 0.259 e. The maximum absolute atomic E-state index is 14.4. The molecule has 5 rings (SSSR count). The maximum atomic E-state index is 14.4.